The normalized spacial score (nSPS) is 36.8. The highest BCUT2D eigenvalue weighted by Crippen LogP contribution is 2.74. The second-order valence-electron chi connectivity index (χ2n) is 28.8. The van der Waals surface area contributed by atoms with E-state index in [1.54, 1.807) is 0 Å². The van der Waals surface area contributed by atoms with Gasteiger partial charge in [-0.2, -0.15) is 0 Å². The number of hydrogen-bond donors (Lipinski definition) is 3. The number of carbonyl (C=O) groups is 1. The Morgan fingerprint density at radius 3 is 1.41 bits per heavy atom. The Labute approximate surface area is 428 Å². The van der Waals surface area contributed by atoms with Gasteiger partial charge in [0.15, 0.2) is 16.6 Å². The third-order valence-corrected chi connectivity index (χ3v) is 29.9. The summed E-state index contributed by atoms with van der Waals surface area (Å²) in [5.74, 6) is 3.06. The molecule has 0 aromatic rings. The topological polar surface area (TPSA) is 115 Å². The molecule has 1 aliphatic heterocycles. The molecule has 8 unspecified atom stereocenters. The first-order valence-electron chi connectivity index (χ1n) is 28.4. The lowest BCUT2D eigenvalue weighted by Gasteiger charge is -2.50. The number of hydrogen-bond acceptors (Lipinski definition) is 8. The zero-order valence-electron chi connectivity index (χ0n) is 47.5. The lowest BCUT2D eigenvalue weighted by atomic mass is 9.59. The van der Waals surface area contributed by atoms with Crippen molar-refractivity contribution in [2.75, 3.05) is 26.4 Å². The number of aliphatic hydroxyl groups is 3. The third kappa shape index (κ3) is 14.1. The first-order chi connectivity index (χ1) is 31.2. The van der Waals surface area contributed by atoms with E-state index in [4.69, 9.17) is 18.3 Å². The van der Waals surface area contributed by atoms with Crippen molar-refractivity contribution in [3.8, 4) is 0 Å². The van der Waals surface area contributed by atoms with Crippen LogP contribution in [-0.4, -0.2) is 87.8 Å². The average Bonchev–Trinajstić information content (AvgIpc) is 3.77. The van der Waals surface area contributed by atoms with Gasteiger partial charge in [-0.05, 0) is 225 Å². The summed E-state index contributed by atoms with van der Waals surface area (Å²) < 4.78 is 24.6. The molecule has 10 heteroatoms. The maximum atomic E-state index is 12.9. The van der Waals surface area contributed by atoms with E-state index in [-0.39, 0.29) is 40.2 Å². The molecule has 6 aliphatic carbocycles. The Morgan fingerprint density at radius 1 is 0.638 bits per heavy atom. The Kier molecular flexibility index (Phi) is 20.3. The lowest BCUT2D eigenvalue weighted by Crippen LogP contribution is -2.50. The zero-order chi connectivity index (χ0) is 51.0. The van der Waals surface area contributed by atoms with Crippen molar-refractivity contribution >= 4 is 22.6 Å². The summed E-state index contributed by atoms with van der Waals surface area (Å²) in [5.41, 5.74) is -0.280. The zero-order valence-corrected chi connectivity index (χ0v) is 49.5. The molecule has 3 N–H and O–H groups in total. The molecular weight excluding hydrogens is 893 g/mol. The maximum absolute atomic E-state index is 12.9. The molecule has 6 saturated carbocycles. The summed E-state index contributed by atoms with van der Waals surface area (Å²) in [6, 6.07) is 0. The minimum Gasteiger partial charge on any atom is -0.466 e. The van der Waals surface area contributed by atoms with Gasteiger partial charge in [0.25, 0.3) is 0 Å². The summed E-state index contributed by atoms with van der Waals surface area (Å²) in [5, 5.41) is 31.1. The van der Waals surface area contributed by atoms with Crippen LogP contribution >= 0.6 is 0 Å². The first-order valence-corrected chi connectivity index (χ1v) is 34.2. The van der Waals surface area contributed by atoms with Gasteiger partial charge in [0.05, 0.1) is 23.7 Å². The lowest BCUT2D eigenvalue weighted by molar-refractivity contribution is -0.146. The van der Waals surface area contributed by atoms with Gasteiger partial charge >= 0.3 is 5.97 Å². The van der Waals surface area contributed by atoms with E-state index in [0.717, 1.165) is 51.7 Å². The number of fused-ring (bicyclic) bond motifs is 2. The molecular formula is C59H114O8Si2. The van der Waals surface area contributed by atoms with E-state index in [1.165, 1.54) is 89.9 Å². The fourth-order valence-electron chi connectivity index (χ4n) is 15.0. The van der Waals surface area contributed by atoms with Crippen molar-refractivity contribution in [2.45, 2.75) is 286 Å². The number of carbonyl (C=O) groups excluding carboxylic acids is 1. The number of ether oxygens (including phenoxy) is 2. The molecule has 8 nitrogen and oxygen atoms in total. The van der Waals surface area contributed by atoms with E-state index in [1.807, 2.05) is 34.6 Å². The first kappa shape index (κ1) is 61.2. The smallest absolute Gasteiger partial charge is 0.309 e. The largest absolute Gasteiger partial charge is 0.466 e. The highest BCUT2D eigenvalue weighted by atomic mass is 28.4. The molecule has 0 bridgehead atoms. The van der Waals surface area contributed by atoms with Crippen LogP contribution in [0, 0.1) is 57.2 Å². The van der Waals surface area contributed by atoms with Crippen LogP contribution in [0.5, 0.6) is 0 Å². The molecule has 7 fully saturated rings. The highest BCUT2D eigenvalue weighted by Gasteiger charge is 2.70. The Hall–Kier alpha value is -0.336. The summed E-state index contributed by atoms with van der Waals surface area (Å²) >= 11 is 0. The monoisotopic (exact) mass is 1010 g/mol. The highest BCUT2D eigenvalue weighted by molar-refractivity contribution is 6.74. The number of rotatable bonds is 17. The van der Waals surface area contributed by atoms with Crippen molar-refractivity contribution in [1.82, 2.24) is 0 Å². The fraction of sp³-hybridized carbons (Fsp3) is 0.983. The second-order valence-corrected chi connectivity index (χ2v) is 38.3. The minimum atomic E-state index is -1.82. The van der Waals surface area contributed by atoms with Crippen LogP contribution in [0.1, 0.15) is 226 Å². The Bertz CT molecular complexity index is 1610. The van der Waals surface area contributed by atoms with Gasteiger partial charge in [0.1, 0.15) is 0 Å². The third-order valence-electron chi connectivity index (χ3n) is 20.9. The molecule has 0 amide bonds. The van der Waals surface area contributed by atoms with E-state index < -0.39 is 27.8 Å². The van der Waals surface area contributed by atoms with Gasteiger partial charge in [-0.1, -0.05) is 88.5 Å². The van der Waals surface area contributed by atoms with Crippen molar-refractivity contribution in [3.63, 3.8) is 0 Å². The maximum Gasteiger partial charge on any atom is 0.309 e. The SMILES string of the molecule is C.C1CCOC1.CC(C)(O)CCCC1(C2CCC3[C@@H](O[Si](C)(C)C(C)(C)C)CCC[C@@]32C)CC1CO.CCOC(=O)C1CC1(CCCC(C)(C)O)C1CCC2[C@@H](O[Si](C)(C)C(C)(C)C)CCC[C@@]21C. The van der Waals surface area contributed by atoms with Crippen LogP contribution in [0.2, 0.25) is 36.3 Å². The van der Waals surface area contributed by atoms with E-state index in [0.29, 0.717) is 65.8 Å². The van der Waals surface area contributed by atoms with Gasteiger partial charge in [-0.25, -0.2) is 0 Å². The molecule has 69 heavy (non-hydrogen) atoms. The van der Waals surface area contributed by atoms with Crippen molar-refractivity contribution in [2.24, 2.45) is 57.2 Å². The van der Waals surface area contributed by atoms with Gasteiger partial charge in [0, 0.05) is 32.0 Å². The molecule has 1 heterocycles. The number of aliphatic hydroxyl groups excluding tert-OH is 1. The molecule has 7 rings (SSSR count). The van der Waals surface area contributed by atoms with Gasteiger partial charge in [-0.3, -0.25) is 4.79 Å². The van der Waals surface area contributed by atoms with Gasteiger partial charge < -0.3 is 33.6 Å². The van der Waals surface area contributed by atoms with Gasteiger partial charge in [0.2, 0.25) is 0 Å². The van der Waals surface area contributed by atoms with Crippen LogP contribution < -0.4 is 0 Å². The van der Waals surface area contributed by atoms with Crippen LogP contribution in [0.4, 0.5) is 0 Å². The van der Waals surface area contributed by atoms with Crippen molar-refractivity contribution in [3.05, 3.63) is 0 Å². The molecule has 12 atom stereocenters. The standard InChI is InChI=1S/C28H52O4Si.C26H50O3Si.C4H8O.CH4/c1-10-31-24(29)21-19-28(21,18-12-16-26(5,6)30)23-15-14-20-22(13-11-17-27(20,23)7)32-33(8,9)25(2,3)4;1-23(2,3)30(7,8)29-21-11-9-15-25(6)20(21)12-13-22(25)26(17-19(26)18-27)16-10-14-24(4,5)28;1-2-4-5-3-1;/h20-23,30H,10-19H2,1-9H3;19-22,27-28H,9-18H2,1-8H3;1-4H2;1H4/t20?,21?,22-,23?,27-,28?;19?,20?,21-,22?,25-,26?;;/m00../s1. The second kappa shape index (κ2) is 22.9. The molecule has 1 saturated heterocycles. The summed E-state index contributed by atoms with van der Waals surface area (Å²) in [4.78, 5) is 12.9. The predicted octanol–water partition coefficient (Wildman–Crippen LogP) is 15.1. The Morgan fingerprint density at radius 2 is 1.06 bits per heavy atom. The molecule has 0 spiro atoms. The molecule has 0 aromatic carbocycles. The van der Waals surface area contributed by atoms with Crippen LogP contribution in [0.25, 0.3) is 0 Å². The summed E-state index contributed by atoms with van der Waals surface area (Å²) in [7, 11) is -3.59. The predicted molar refractivity (Wildman–Crippen MR) is 292 cm³/mol. The summed E-state index contributed by atoms with van der Waals surface area (Å²) in [6.45, 7) is 41.1. The van der Waals surface area contributed by atoms with E-state index in [2.05, 4.69) is 81.6 Å². The molecule has 406 valence electrons. The average molecular weight is 1010 g/mol. The van der Waals surface area contributed by atoms with Gasteiger partial charge in [-0.15, -0.1) is 0 Å². The van der Waals surface area contributed by atoms with Crippen LogP contribution in [-0.2, 0) is 23.1 Å². The van der Waals surface area contributed by atoms with Crippen molar-refractivity contribution in [1.29, 1.82) is 0 Å². The quantitative estimate of drug-likeness (QED) is 0.0975. The number of esters is 1. The van der Waals surface area contributed by atoms with E-state index in [9.17, 15) is 20.1 Å². The fourth-order valence-corrected chi connectivity index (χ4v) is 17.8. The van der Waals surface area contributed by atoms with Crippen LogP contribution in [0.15, 0.2) is 0 Å². The van der Waals surface area contributed by atoms with Crippen molar-refractivity contribution < 1.29 is 38.4 Å². The van der Waals surface area contributed by atoms with Crippen LogP contribution in [0.3, 0.4) is 0 Å². The molecule has 0 radical (unpaired) electrons. The summed E-state index contributed by atoms with van der Waals surface area (Å²) in [6.07, 6.45) is 23.9. The minimum absolute atomic E-state index is 0. The van der Waals surface area contributed by atoms with E-state index >= 15 is 0 Å². The molecule has 0 aromatic heterocycles. The molecule has 7 aliphatic rings. The Balaban J connectivity index is 0.000000269.